The van der Waals surface area contributed by atoms with E-state index in [1.807, 2.05) is 0 Å². The van der Waals surface area contributed by atoms with Crippen LogP contribution >= 0.6 is 0 Å². The average molecular weight is 268 g/mol. The summed E-state index contributed by atoms with van der Waals surface area (Å²) in [5.74, 6) is 0.708. The van der Waals surface area contributed by atoms with E-state index in [0.29, 0.717) is 12.0 Å². The molecule has 1 N–H and O–H groups in total. The van der Waals surface area contributed by atoms with Gasteiger partial charge < -0.3 is 5.32 Å². The number of nitrogens with zero attached hydrogens (tertiary/aromatic N) is 1. The summed E-state index contributed by atoms with van der Waals surface area (Å²) >= 11 is 0. The fraction of sp³-hybridized carbons (Fsp3) is 0.444. The second-order valence-corrected chi connectivity index (χ2v) is 5.99. The van der Waals surface area contributed by atoms with Crippen molar-refractivity contribution in [1.82, 2.24) is 10.2 Å². The Morgan fingerprint density at radius 3 is 2.75 bits per heavy atom. The van der Waals surface area contributed by atoms with Crippen molar-refractivity contribution in [1.29, 1.82) is 0 Å². The minimum Gasteiger partial charge on any atom is -0.319 e. The molecular weight excluding hydrogens is 244 g/mol. The first-order valence-corrected chi connectivity index (χ1v) is 7.63. The first-order chi connectivity index (χ1) is 9.79. The van der Waals surface area contributed by atoms with Crippen LogP contribution in [0, 0.1) is 5.92 Å². The van der Waals surface area contributed by atoms with Gasteiger partial charge in [-0.3, -0.25) is 4.90 Å². The van der Waals surface area contributed by atoms with Gasteiger partial charge in [0.15, 0.2) is 0 Å². The van der Waals surface area contributed by atoms with Crippen molar-refractivity contribution in [3.8, 4) is 0 Å². The van der Waals surface area contributed by atoms with Gasteiger partial charge in [-0.1, -0.05) is 36.4 Å². The molecule has 0 saturated carbocycles. The molecule has 1 aliphatic rings. The minimum atomic E-state index is 0.542. The van der Waals surface area contributed by atoms with Crippen molar-refractivity contribution in [3.63, 3.8) is 0 Å². The first kappa shape index (κ1) is 13.6. The largest absolute Gasteiger partial charge is 0.319 e. The van der Waals surface area contributed by atoms with Crippen LogP contribution in [0.4, 0.5) is 0 Å². The molecule has 2 atom stereocenters. The topological polar surface area (TPSA) is 15.3 Å². The predicted octanol–water partition coefficient (Wildman–Crippen LogP) is 3.44. The van der Waals surface area contributed by atoms with Crippen LogP contribution in [0.15, 0.2) is 42.5 Å². The van der Waals surface area contributed by atoms with Crippen LogP contribution < -0.4 is 5.32 Å². The zero-order valence-electron chi connectivity index (χ0n) is 12.5. The molecule has 0 aromatic heterocycles. The van der Waals surface area contributed by atoms with E-state index in [0.717, 1.165) is 6.54 Å². The van der Waals surface area contributed by atoms with Crippen LogP contribution in [0.1, 0.15) is 24.4 Å². The maximum Gasteiger partial charge on any atom is 0.0385 e. The van der Waals surface area contributed by atoms with Crippen LogP contribution in [0.25, 0.3) is 10.8 Å². The molecular formula is C18H24N2. The van der Waals surface area contributed by atoms with Gasteiger partial charge in [0.2, 0.25) is 0 Å². The van der Waals surface area contributed by atoms with Crippen molar-refractivity contribution < 1.29 is 0 Å². The SMILES string of the molecule is CNCC1CCCN(C)C1c1ccc2ccccc2c1. The molecule has 1 fully saturated rings. The zero-order chi connectivity index (χ0) is 13.9. The summed E-state index contributed by atoms with van der Waals surface area (Å²) < 4.78 is 0. The van der Waals surface area contributed by atoms with Gasteiger partial charge in [0.1, 0.15) is 0 Å². The zero-order valence-corrected chi connectivity index (χ0v) is 12.5. The molecule has 0 bridgehead atoms. The number of piperidine rings is 1. The summed E-state index contributed by atoms with van der Waals surface area (Å²) in [6.45, 7) is 2.31. The Morgan fingerprint density at radius 1 is 1.15 bits per heavy atom. The molecule has 3 rings (SSSR count). The van der Waals surface area contributed by atoms with E-state index >= 15 is 0 Å². The predicted molar refractivity (Wildman–Crippen MR) is 86.0 cm³/mol. The fourth-order valence-corrected chi connectivity index (χ4v) is 3.65. The van der Waals surface area contributed by atoms with Crippen LogP contribution in [-0.2, 0) is 0 Å². The molecule has 1 aliphatic heterocycles. The Kier molecular flexibility index (Phi) is 4.04. The molecule has 2 heteroatoms. The van der Waals surface area contributed by atoms with Crippen molar-refractivity contribution in [2.24, 2.45) is 5.92 Å². The smallest absolute Gasteiger partial charge is 0.0385 e. The van der Waals surface area contributed by atoms with Crippen molar-refractivity contribution in [2.75, 3.05) is 27.2 Å². The van der Waals surface area contributed by atoms with Crippen LogP contribution in [0.3, 0.4) is 0 Å². The molecule has 0 radical (unpaired) electrons. The van der Waals surface area contributed by atoms with Gasteiger partial charge in [0.05, 0.1) is 0 Å². The Labute approximate surface area is 121 Å². The van der Waals surface area contributed by atoms with Gasteiger partial charge in [-0.15, -0.1) is 0 Å². The quantitative estimate of drug-likeness (QED) is 0.917. The lowest BCUT2D eigenvalue weighted by Crippen LogP contribution is -2.39. The van der Waals surface area contributed by atoms with E-state index in [9.17, 15) is 0 Å². The summed E-state index contributed by atoms with van der Waals surface area (Å²) in [6, 6.07) is 16.1. The van der Waals surface area contributed by atoms with Crippen molar-refractivity contribution in [3.05, 3.63) is 48.0 Å². The normalized spacial score (nSPS) is 24.1. The van der Waals surface area contributed by atoms with Gasteiger partial charge in [0, 0.05) is 6.04 Å². The Bertz CT molecular complexity index is 576. The highest BCUT2D eigenvalue weighted by Gasteiger charge is 2.29. The molecule has 2 nitrogen and oxygen atoms in total. The molecule has 2 aromatic carbocycles. The number of rotatable bonds is 3. The number of nitrogens with one attached hydrogen (secondary N) is 1. The van der Waals surface area contributed by atoms with Gasteiger partial charge in [0.25, 0.3) is 0 Å². The molecule has 1 heterocycles. The standard InChI is InChI=1S/C18H24N2/c1-19-13-17-8-5-11-20(2)18(17)16-10-9-14-6-3-4-7-15(14)12-16/h3-4,6-7,9-10,12,17-19H,5,8,11,13H2,1-2H3. The van der Waals surface area contributed by atoms with E-state index in [-0.39, 0.29) is 0 Å². The maximum atomic E-state index is 3.37. The van der Waals surface area contributed by atoms with Crippen LogP contribution in [-0.4, -0.2) is 32.1 Å². The summed E-state index contributed by atoms with van der Waals surface area (Å²) in [7, 11) is 4.33. The lowest BCUT2D eigenvalue weighted by Gasteiger charge is -2.39. The lowest BCUT2D eigenvalue weighted by molar-refractivity contribution is 0.121. The van der Waals surface area contributed by atoms with Gasteiger partial charge in [-0.2, -0.15) is 0 Å². The number of likely N-dealkylation sites (tertiary alicyclic amines) is 1. The van der Waals surface area contributed by atoms with Gasteiger partial charge in [-0.05, 0) is 68.3 Å². The third-order valence-corrected chi connectivity index (χ3v) is 4.59. The number of benzene rings is 2. The minimum absolute atomic E-state index is 0.542. The van der Waals surface area contributed by atoms with Gasteiger partial charge in [-0.25, -0.2) is 0 Å². The van der Waals surface area contributed by atoms with E-state index in [1.54, 1.807) is 0 Å². The molecule has 1 saturated heterocycles. The summed E-state index contributed by atoms with van der Waals surface area (Å²) in [5, 5.41) is 6.06. The Hall–Kier alpha value is -1.38. The summed E-state index contributed by atoms with van der Waals surface area (Å²) in [4.78, 5) is 2.52. The molecule has 20 heavy (non-hydrogen) atoms. The van der Waals surface area contributed by atoms with Crippen LogP contribution in [0.2, 0.25) is 0 Å². The second kappa shape index (κ2) is 5.94. The number of hydrogen-bond donors (Lipinski definition) is 1. The van der Waals surface area contributed by atoms with Crippen molar-refractivity contribution in [2.45, 2.75) is 18.9 Å². The summed E-state index contributed by atoms with van der Waals surface area (Å²) in [6.07, 6.45) is 2.63. The second-order valence-electron chi connectivity index (χ2n) is 5.99. The molecule has 0 aliphatic carbocycles. The van der Waals surface area contributed by atoms with E-state index < -0.39 is 0 Å². The maximum absolute atomic E-state index is 3.37. The molecule has 0 amide bonds. The molecule has 2 unspecified atom stereocenters. The molecule has 106 valence electrons. The highest BCUT2D eigenvalue weighted by atomic mass is 15.1. The monoisotopic (exact) mass is 268 g/mol. The Balaban J connectivity index is 1.97. The average Bonchev–Trinajstić information content (AvgIpc) is 2.47. The van der Waals surface area contributed by atoms with Crippen molar-refractivity contribution >= 4 is 10.8 Å². The first-order valence-electron chi connectivity index (χ1n) is 7.63. The molecule has 0 spiro atoms. The fourth-order valence-electron chi connectivity index (χ4n) is 3.65. The number of hydrogen-bond acceptors (Lipinski definition) is 2. The van der Waals surface area contributed by atoms with Gasteiger partial charge >= 0.3 is 0 Å². The van der Waals surface area contributed by atoms with E-state index in [1.165, 1.54) is 35.7 Å². The summed E-state index contributed by atoms with van der Waals surface area (Å²) in [5.41, 5.74) is 1.46. The third-order valence-electron chi connectivity index (χ3n) is 4.59. The molecule has 2 aromatic rings. The highest BCUT2D eigenvalue weighted by Crippen LogP contribution is 2.35. The lowest BCUT2D eigenvalue weighted by atomic mass is 9.84. The van der Waals surface area contributed by atoms with E-state index in [4.69, 9.17) is 0 Å². The highest BCUT2D eigenvalue weighted by molar-refractivity contribution is 5.83. The Morgan fingerprint density at radius 2 is 1.95 bits per heavy atom. The van der Waals surface area contributed by atoms with Crippen LogP contribution in [0.5, 0.6) is 0 Å². The number of fused-ring (bicyclic) bond motifs is 1. The van der Waals surface area contributed by atoms with E-state index in [2.05, 4.69) is 66.8 Å². The third kappa shape index (κ3) is 2.58.